The summed E-state index contributed by atoms with van der Waals surface area (Å²) < 4.78 is 14.5. The van der Waals surface area contributed by atoms with E-state index in [2.05, 4.69) is 20.6 Å². The molecule has 1 unspecified atom stereocenters. The van der Waals surface area contributed by atoms with Crippen LogP contribution in [0.4, 0.5) is 15.9 Å². The van der Waals surface area contributed by atoms with Crippen molar-refractivity contribution in [1.82, 2.24) is 20.2 Å². The van der Waals surface area contributed by atoms with Crippen molar-refractivity contribution >= 4 is 34.9 Å². The van der Waals surface area contributed by atoms with E-state index in [0.29, 0.717) is 35.0 Å². The summed E-state index contributed by atoms with van der Waals surface area (Å²) in [5.74, 6) is -0.386. The number of nitrogens with zero attached hydrogens (tertiary/aromatic N) is 3. The molecule has 1 saturated heterocycles. The molecule has 180 valence electrons. The third kappa shape index (κ3) is 4.56. The van der Waals surface area contributed by atoms with Gasteiger partial charge in [0, 0.05) is 12.7 Å². The smallest absolute Gasteiger partial charge is 0.255 e. The Morgan fingerprint density at radius 2 is 2.14 bits per heavy atom. The maximum absolute atomic E-state index is 14.5. The molecular formula is C25H23ClFN5O3. The van der Waals surface area contributed by atoms with Crippen molar-refractivity contribution in [3.63, 3.8) is 0 Å². The van der Waals surface area contributed by atoms with Crippen LogP contribution < -0.4 is 10.6 Å². The van der Waals surface area contributed by atoms with E-state index in [9.17, 15) is 19.1 Å². The number of halogens is 2. The fraction of sp³-hybridized carbons (Fsp3) is 0.280. The highest BCUT2D eigenvalue weighted by molar-refractivity contribution is 6.33. The molecule has 0 bridgehead atoms. The topological polar surface area (TPSA) is 107 Å². The standard InChI is InChI=1S/C25H23ClFN5O3/c26-16-4-1-5-17(27)23(16)18-10-19(24-20(30-18)12-29-25(24)35)31-21-7-6-14(11-28-21)9-22(34)32-8-2-3-15(32)13-33/h1,4-7,10-11,15,33H,2-3,8-9,12-13H2,(H,29,35)(H,28,30,31). The lowest BCUT2D eigenvalue weighted by Gasteiger charge is -2.23. The van der Waals surface area contributed by atoms with Crippen molar-refractivity contribution in [1.29, 1.82) is 0 Å². The van der Waals surface area contributed by atoms with Gasteiger partial charge in [-0.1, -0.05) is 23.7 Å². The van der Waals surface area contributed by atoms with Gasteiger partial charge < -0.3 is 20.6 Å². The molecule has 2 amide bonds. The normalized spacial score (nSPS) is 16.8. The van der Waals surface area contributed by atoms with Crippen LogP contribution >= 0.6 is 11.6 Å². The molecule has 1 fully saturated rings. The second-order valence-corrected chi connectivity index (χ2v) is 8.98. The highest BCUT2D eigenvalue weighted by Gasteiger charge is 2.28. The SMILES string of the molecule is O=C1NCc2nc(-c3c(F)cccc3Cl)cc(Nc3ccc(CC(=O)N4CCCC4CO)cn3)c21. The number of carbonyl (C=O) groups excluding carboxylic acids is 2. The molecule has 8 nitrogen and oxygen atoms in total. The lowest BCUT2D eigenvalue weighted by atomic mass is 10.1. The molecule has 5 rings (SSSR count). The van der Waals surface area contributed by atoms with Gasteiger partial charge in [-0.2, -0.15) is 0 Å². The molecule has 0 spiro atoms. The van der Waals surface area contributed by atoms with E-state index >= 15 is 0 Å². The molecular weight excluding hydrogens is 473 g/mol. The Balaban J connectivity index is 1.39. The predicted octanol–water partition coefficient (Wildman–Crippen LogP) is 3.45. The Morgan fingerprint density at radius 3 is 2.89 bits per heavy atom. The van der Waals surface area contributed by atoms with E-state index in [1.54, 1.807) is 35.4 Å². The monoisotopic (exact) mass is 495 g/mol. The minimum absolute atomic E-state index is 0.0310. The van der Waals surface area contributed by atoms with E-state index in [1.807, 2.05) is 0 Å². The number of aliphatic hydroxyl groups is 1. The summed E-state index contributed by atoms with van der Waals surface area (Å²) in [5, 5.41) is 15.5. The third-order valence-corrected chi connectivity index (χ3v) is 6.62. The summed E-state index contributed by atoms with van der Waals surface area (Å²) in [4.78, 5) is 35.7. The van der Waals surface area contributed by atoms with Gasteiger partial charge in [0.25, 0.3) is 5.91 Å². The molecule has 0 aliphatic carbocycles. The highest BCUT2D eigenvalue weighted by atomic mass is 35.5. The molecule has 3 N–H and O–H groups in total. The maximum atomic E-state index is 14.5. The number of pyridine rings is 2. The van der Waals surface area contributed by atoms with Gasteiger partial charge in [0.2, 0.25) is 5.91 Å². The van der Waals surface area contributed by atoms with Crippen molar-refractivity contribution in [2.45, 2.75) is 31.8 Å². The number of fused-ring (bicyclic) bond motifs is 1. The van der Waals surface area contributed by atoms with Crippen LogP contribution in [0.15, 0.2) is 42.6 Å². The van der Waals surface area contributed by atoms with E-state index in [0.717, 1.165) is 18.4 Å². The molecule has 1 atom stereocenters. The number of nitrogens with one attached hydrogen (secondary N) is 2. The molecule has 1 aromatic carbocycles. The van der Waals surface area contributed by atoms with Gasteiger partial charge >= 0.3 is 0 Å². The summed E-state index contributed by atoms with van der Waals surface area (Å²) in [6.45, 7) is 0.847. The Kier molecular flexibility index (Phi) is 6.36. The van der Waals surface area contributed by atoms with Gasteiger partial charge in [0.15, 0.2) is 0 Å². The van der Waals surface area contributed by atoms with E-state index in [-0.39, 0.29) is 48.0 Å². The van der Waals surface area contributed by atoms with Crippen LogP contribution in [0.5, 0.6) is 0 Å². The first kappa shape index (κ1) is 23.2. The van der Waals surface area contributed by atoms with Crippen LogP contribution in [0.25, 0.3) is 11.3 Å². The number of benzene rings is 1. The van der Waals surface area contributed by atoms with E-state index < -0.39 is 5.82 Å². The van der Waals surface area contributed by atoms with Crippen molar-refractivity contribution in [3.8, 4) is 11.3 Å². The van der Waals surface area contributed by atoms with Gasteiger partial charge in [0.1, 0.15) is 11.6 Å². The lowest BCUT2D eigenvalue weighted by Crippen LogP contribution is -2.38. The predicted molar refractivity (Wildman–Crippen MR) is 129 cm³/mol. The van der Waals surface area contributed by atoms with Gasteiger partial charge in [-0.25, -0.2) is 14.4 Å². The molecule has 4 heterocycles. The van der Waals surface area contributed by atoms with Crippen LogP contribution in [0.1, 0.15) is 34.5 Å². The molecule has 10 heteroatoms. The molecule has 3 aromatic rings. The molecule has 35 heavy (non-hydrogen) atoms. The van der Waals surface area contributed by atoms with Crippen molar-refractivity contribution in [2.24, 2.45) is 0 Å². The Hall–Kier alpha value is -3.56. The Morgan fingerprint density at radius 1 is 1.29 bits per heavy atom. The summed E-state index contributed by atoms with van der Waals surface area (Å²) >= 11 is 6.24. The largest absolute Gasteiger partial charge is 0.394 e. The van der Waals surface area contributed by atoms with Crippen molar-refractivity contribution in [3.05, 3.63) is 70.3 Å². The number of rotatable bonds is 6. The molecule has 2 aliphatic rings. The number of hydrogen-bond donors (Lipinski definition) is 3. The van der Waals surface area contributed by atoms with Crippen LogP contribution in [0, 0.1) is 5.82 Å². The fourth-order valence-corrected chi connectivity index (χ4v) is 4.83. The second-order valence-electron chi connectivity index (χ2n) is 8.58. The quantitative estimate of drug-likeness (QED) is 0.483. The minimum Gasteiger partial charge on any atom is -0.394 e. The molecule has 0 saturated carbocycles. The summed E-state index contributed by atoms with van der Waals surface area (Å²) in [6, 6.07) is 9.36. The van der Waals surface area contributed by atoms with Crippen molar-refractivity contribution in [2.75, 3.05) is 18.5 Å². The zero-order valence-electron chi connectivity index (χ0n) is 18.7. The average Bonchev–Trinajstić information content (AvgIpc) is 3.47. The lowest BCUT2D eigenvalue weighted by molar-refractivity contribution is -0.132. The first-order valence-electron chi connectivity index (χ1n) is 11.3. The first-order valence-corrected chi connectivity index (χ1v) is 11.7. The summed E-state index contributed by atoms with van der Waals surface area (Å²) in [6.07, 6.45) is 3.49. The number of anilines is 2. The third-order valence-electron chi connectivity index (χ3n) is 6.31. The van der Waals surface area contributed by atoms with E-state index in [1.165, 1.54) is 12.1 Å². The average molecular weight is 496 g/mol. The van der Waals surface area contributed by atoms with Crippen LogP contribution in [-0.2, 0) is 17.8 Å². The van der Waals surface area contributed by atoms with Gasteiger partial charge in [-0.15, -0.1) is 0 Å². The first-order chi connectivity index (χ1) is 16.9. The zero-order valence-corrected chi connectivity index (χ0v) is 19.5. The van der Waals surface area contributed by atoms with Crippen LogP contribution in [0.3, 0.4) is 0 Å². The van der Waals surface area contributed by atoms with E-state index in [4.69, 9.17) is 11.6 Å². The number of likely N-dealkylation sites (tertiary alicyclic amines) is 1. The van der Waals surface area contributed by atoms with Gasteiger partial charge in [-0.05, 0) is 42.7 Å². The van der Waals surface area contributed by atoms with Gasteiger partial charge in [-0.3, -0.25) is 9.59 Å². The summed E-state index contributed by atoms with van der Waals surface area (Å²) in [5.41, 5.74) is 2.48. The maximum Gasteiger partial charge on any atom is 0.255 e. The summed E-state index contributed by atoms with van der Waals surface area (Å²) in [7, 11) is 0. The van der Waals surface area contributed by atoms with Crippen LogP contribution in [-0.4, -0.2) is 51.0 Å². The van der Waals surface area contributed by atoms with Gasteiger partial charge in [0.05, 0.1) is 58.8 Å². The number of amides is 2. The number of aromatic nitrogens is 2. The Bertz CT molecular complexity index is 1280. The molecule has 2 aromatic heterocycles. The Labute approximate surface area is 206 Å². The molecule has 2 aliphatic heterocycles. The fourth-order valence-electron chi connectivity index (χ4n) is 4.57. The van der Waals surface area contributed by atoms with Crippen molar-refractivity contribution < 1.29 is 19.1 Å². The number of carbonyl (C=O) groups is 2. The zero-order chi connectivity index (χ0) is 24.5. The molecule has 0 radical (unpaired) electrons. The number of hydrogen-bond acceptors (Lipinski definition) is 6. The van der Waals surface area contributed by atoms with Crippen LogP contribution in [0.2, 0.25) is 5.02 Å². The highest BCUT2D eigenvalue weighted by Crippen LogP contribution is 2.35. The minimum atomic E-state index is -0.512. The second kappa shape index (κ2) is 9.59. The number of aliphatic hydroxyl groups excluding tert-OH is 1.